The van der Waals surface area contributed by atoms with Gasteiger partial charge in [0.05, 0.1) is 22.8 Å². The van der Waals surface area contributed by atoms with E-state index < -0.39 is 17.3 Å². The van der Waals surface area contributed by atoms with Crippen LogP contribution in [0.4, 0.5) is 13.2 Å². The number of hydrogen-bond donors (Lipinski definition) is 1. The van der Waals surface area contributed by atoms with E-state index >= 15 is 0 Å². The molecule has 0 amide bonds. The van der Waals surface area contributed by atoms with Crippen molar-refractivity contribution in [2.45, 2.75) is 45.2 Å². The lowest BCUT2D eigenvalue weighted by Crippen LogP contribution is -2.36. The number of rotatable bonds is 4. The van der Waals surface area contributed by atoms with Crippen LogP contribution in [0, 0.1) is 16.7 Å². The molecule has 0 bridgehead atoms. The lowest BCUT2D eigenvalue weighted by molar-refractivity contribution is -0.137. The first-order chi connectivity index (χ1) is 16.2. The third kappa shape index (κ3) is 4.66. The average Bonchev–Trinajstić information content (AvgIpc) is 2.78. The van der Waals surface area contributed by atoms with E-state index in [4.69, 9.17) is 14.7 Å². The predicted molar refractivity (Wildman–Crippen MR) is 118 cm³/mol. The monoisotopic (exact) mass is 471 g/mol. The number of halogens is 3. The number of ketones is 1. The number of nitriles is 1. The van der Waals surface area contributed by atoms with Gasteiger partial charge < -0.3 is 14.6 Å². The Bertz CT molecular complexity index is 1190. The van der Waals surface area contributed by atoms with Crippen LogP contribution in [0.1, 0.15) is 54.9 Å². The zero-order valence-electron chi connectivity index (χ0n) is 18.7. The molecule has 0 unspecified atom stereocenters. The highest BCUT2D eigenvalue weighted by molar-refractivity contribution is 6.22. The number of carbonyl (C=O) groups excluding carboxylic acids is 1. The fraction of sp³-hybridized carbons (Fsp3) is 0.385. The SMILES string of the molecule is CCc1ccc(Oc2ccc(C(F)(F)F)c(C#N)c2)cc1C1=C(O)CC2(CCOCC2)CC1=O. The summed E-state index contributed by atoms with van der Waals surface area (Å²) in [7, 11) is 0. The number of aryl methyl sites for hydroxylation is 1. The maximum absolute atomic E-state index is 13.2. The molecule has 1 spiro atoms. The molecule has 1 aliphatic heterocycles. The molecule has 34 heavy (non-hydrogen) atoms. The fourth-order valence-corrected chi connectivity index (χ4v) is 4.78. The lowest BCUT2D eigenvalue weighted by atomic mass is 9.67. The Hall–Kier alpha value is -3.31. The summed E-state index contributed by atoms with van der Waals surface area (Å²) in [6.45, 7) is 3.06. The van der Waals surface area contributed by atoms with Crippen molar-refractivity contribution in [3.8, 4) is 17.6 Å². The standard InChI is InChI=1S/C26H24F3NO4/c1-2-16-3-4-19(34-18-5-6-21(26(27,28)29)17(11-18)15-30)12-20(16)24-22(31)13-25(14-23(24)32)7-9-33-10-8-25/h3-6,11-12,31H,2,7-10,13-14H2,1H3. The quantitative estimate of drug-likeness (QED) is 0.561. The van der Waals surface area contributed by atoms with E-state index in [1.807, 2.05) is 6.92 Å². The number of alkyl halides is 3. The summed E-state index contributed by atoms with van der Waals surface area (Å²) >= 11 is 0. The Morgan fingerprint density at radius 3 is 2.41 bits per heavy atom. The van der Waals surface area contributed by atoms with E-state index in [9.17, 15) is 23.1 Å². The first kappa shape index (κ1) is 23.8. The lowest BCUT2D eigenvalue weighted by Gasteiger charge is -2.39. The van der Waals surface area contributed by atoms with Gasteiger partial charge >= 0.3 is 6.18 Å². The Morgan fingerprint density at radius 1 is 1.12 bits per heavy atom. The minimum Gasteiger partial charge on any atom is -0.512 e. The molecular formula is C26H24F3NO4. The summed E-state index contributed by atoms with van der Waals surface area (Å²) in [5.41, 5.74) is -0.192. The van der Waals surface area contributed by atoms with E-state index in [2.05, 4.69) is 0 Å². The van der Waals surface area contributed by atoms with Gasteiger partial charge in [-0.3, -0.25) is 4.79 Å². The van der Waals surface area contributed by atoms with Crippen LogP contribution in [0.25, 0.3) is 5.57 Å². The molecule has 4 rings (SSSR count). The molecule has 1 saturated heterocycles. The van der Waals surface area contributed by atoms with Gasteiger partial charge in [0, 0.05) is 26.1 Å². The zero-order valence-corrected chi connectivity index (χ0v) is 18.7. The van der Waals surface area contributed by atoms with Crippen molar-refractivity contribution < 1.29 is 32.5 Å². The van der Waals surface area contributed by atoms with Crippen LogP contribution < -0.4 is 4.74 Å². The van der Waals surface area contributed by atoms with Gasteiger partial charge in [-0.15, -0.1) is 0 Å². The van der Waals surface area contributed by atoms with E-state index in [1.54, 1.807) is 24.3 Å². The zero-order chi connectivity index (χ0) is 24.5. The third-order valence-corrected chi connectivity index (χ3v) is 6.58. The molecule has 1 aliphatic carbocycles. The van der Waals surface area contributed by atoms with Crippen LogP contribution in [0.3, 0.4) is 0 Å². The molecule has 0 radical (unpaired) electrons. The van der Waals surface area contributed by atoms with Crippen LogP contribution in [-0.2, 0) is 22.1 Å². The first-order valence-corrected chi connectivity index (χ1v) is 11.1. The number of aliphatic hydroxyl groups is 1. The molecule has 1 N–H and O–H groups in total. The maximum Gasteiger partial charge on any atom is 0.417 e. The van der Waals surface area contributed by atoms with Crippen molar-refractivity contribution in [1.29, 1.82) is 5.26 Å². The highest BCUT2D eigenvalue weighted by Crippen LogP contribution is 2.47. The molecule has 2 aliphatic rings. The van der Waals surface area contributed by atoms with Crippen LogP contribution in [-0.4, -0.2) is 24.1 Å². The average molecular weight is 471 g/mol. The number of ether oxygens (including phenoxy) is 2. The van der Waals surface area contributed by atoms with Gasteiger partial charge in [0.25, 0.3) is 0 Å². The number of carbonyl (C=O) groups is 1. The Morgan fingerprint density at radius 2 is 1.79 bits per heavy atom. The van der Waals surface area contributed by atoms with Crippen LogP contribution in [0.15, 0.2) is 42.2 Å². The van der Waals surface area contributed by atoms with Gasteiger partial charge in [0.2, 0.25) is 0 Å². The summed E-state index contributed by atoms with van der Waals surface area (Å²) in [4.78, 5) is 13.2. The number of allylic oxidation sites excluding steroid dienone is 2. The molecule has 0 saturated carbocycles. The van der Waals surface area contributed by atoms with Gasteiger partial charge in [0.15, 0.2) is 5.78 Å². The number of aliphatic hydroxyl groups excluding tert-OH is 1. The number of nitrogens with zero attached hydrogens (tertiary/aromatic N) is 1. The number of Topliss-reactive ketones (excluding diaryl/α,β-unsaturated/α-hetero) is 1. The second-order valence-corrected chi connectivity index (χ2v) is 8.80. The smallest absolute Gasteiger partial charge is 0.417 e. The minimum absolute atomic E-state index is 0.0475. The Balaban J connectivity index is 1.68. The van der Waals surface area contributed by atoms with Gasteiger partial charge in [-0.1, -0.05) is 13.0 Å². The van der Waals surface area contributed by atoms with Crippen LogP contribution in [0.5, 0.6) is 11.5 Å². The summed E-state index contributed by atoms with van der Waals surface area (Å²) in [6, 6.07) is 9.58. The van der Waals surface area contributed by atoms with Crippen LogP contribution >= 0.6 is 0 Å². The topological polar surface area (TPSA) is 79.6 Å². The minimum atomic E-state index is -4.65. The second-order valence-electron chi connectivity index (χ2n) is 8.80. The largest absolute Gasteiger partial charge is 0.512 e. The second kappa shape index (κ2) is 9.15. The van der Waals surface area contributed by atoms with Crippen molar-refractivity contribution >= 4 is 11.4 Å². The Labute approximate surface area is 195 Å². The highest BCUT2D eigenvalue weighted by Gasteiger charge is 2.42. The maximum atomic E-state index is 13.2. The predicted octanol–water partition coefficient (Wildman–Crippen LogP) is 6.36. The molecule has 178 valence electrons. The summed E-state index contributed by atoms with van der Waals surface area (Å²) in [6.07, 6.45) is -1.88. The van der Waals surface area contributed by atoms with Crippen LogP contribution in [0.2, 0.25) is 0 Å². The van der Waals surface area contributed by atoms with Crippen molar-refractivity contribution in [3.63, 3.8) is 0 Å². The van der Waals surface area contributed by atoms with Crippen molar-refractivity contribution in [1.82, 2.24) is 0 Å². The van der Waals surface area contributed by atoms with Gasteiger partial charge in [-0.25, -0.2) is 0 Å². The molecule has 1 heterocycles. The normalized spacial score (nSPS) is 18.1. The third-order valence-electron chi connectivity index (χ3n) is 6.58. The summed E-state index contributed by atoms with van der Waals surface area (Å²) in [5, 5.41) is 20.1. The molecule has 0 aromatic heterocycles. The molecular weight excluding hydrogens is 447 g/mol. The number of benzene rings is 2. The van der Waals surface area contributed by atoms with Crippen molar-refractivity contribution in [3.05, 3.63) is 64.4 Å². The highest BCUT2D eigenvalue weighted by atomic mass is 19.4. The van der Waals surface area contributed by atoms with Gasteiger partial charge in [0.1, 0.15) is 17.3 Å². The molecule has 0 atom stereocenters. The fourth-order valence-electron chi connectivity index (χ4n) is 4.78. The molecule has 2 aromatic carbocycles. The first-order valence-electron chi connectivity index (χ1n) is 11.1. The summed E-state index contributed by atoms with van der Waals surface area (Å²) in [5.74, 6) is 0.259. The molecule has 8 heteroatoms. The van der Waals surface area contributed by atoms with E-state index in [1.165, 1.54) is 0 Å². The molecule has 2 aromatic rings. The molecule has 5 nitrogen and oxygen atoms in total. The van der Waals surface area contributed by atoms with E-state index in [0.717, 1.165) is 36.6 Å². The Kier molecular flexibility index (Phi) is 6.41. The van der Waals surface area contributed by atoms with Crippen molar-refractivity contribution in [2.24, 2.45) is 5.41 Å². The molecule has 1 fully saturated rings. The van der Waals surface area contributed by atoms with Crippen molar-refractivity contribution in [2.75, 3.05) is 13.2 Å². The summed E-state index contributed by atoms with van der Waals surface area (Å²) < 4.78 is 50.4. The van der Waals surface area contributed by atoms with E-state index in [0.29, 0.717) is 38.0 Å². The number of hydrogen-bond acceptors (Lipinski definition) is 5. The van der Waals surface area contributed by atoms with Gasteiger partial charge in [-0.05, 0) is 66.1 Å². The van der Waals surface area contributed by atoms with E-state index in [-0.39, 0.29) is 34.0 Å². The van der Waals surface area contributed by atoms with Gasteiger partial charge in [-0.2, -0.15) is 18.4 Å².